The summed E-state index contributed by atoms with van der Waals surface area (Å²) in [5.74, 6) is 0.569. The Balaban J connectivity index is 2.01. The fraction of sp³-hybridized carbons (Fsp3) is 0.556. The lowest BCUT2D eigenvalue weighted by Gasteiger charge is -2.28. The zero-order chi connectivity index (χ0) is 18.2. The minimum atomic E-state index is -0.539. The maximum Gasteiger partial charge on any atom is 0.329 e. The second-order valence-corrected chi connectivity index (χ2v) is 7.51. The van der Waals surface area contributed by atoms with Crippen molar-refractivity contribution in [2.45, 2.75) is 44.0 Å². The molecule has 0 N–H and O–H groups in total. The zero-order valence-corrected chi connectivity index (χ0v) is 16.1. The van der Waals surface area contributed by atoms with E-state index in [1.54, 1.807) is 40.9 Å². The van der Waals surface area contributed by atoms with Gasteiger partial charge in [-0.2, -0.15) is 0 Å². The third kappa shape index (κ3) is 5.54. The number of carbonyl (C=O) groups is 2. The normalized spacial score (nSPS) is 19.7. The summed E-state index contributed by atoms with van der Waals surface area (Å²) in [6.07, 6.45) is 4.14. The van der Waals surface area contributed by atoms with Gasteiger partial charge in [-0.05, 0) is 30.7 Å². The molecule has 0 spiro atoms. The van der Waals surface area contributed by atoms with Crippen LogP contribution in [0, 0.1) is 0 Å². The molecule has 25 heavy (non-hydrogen) atoms. The van der Waals surface area contributed by atoms with Crippen LogP contribution in [0.4, 0.5) is 0 Å². The van der Waals surface area contributed by atoms with E-state index in [2.05, 4.69) is 6.92 Å². The van der Waals surface area contributed by atoms with E-state index in [1.165, 1.54) is 7.11 Å². The second-order valence-electron chi connectivity index (χ2n) is 5.87. The van der Waals surface area contributed by atoms with Crippen LogP contribution in [0.25, 0.3) is 0 Å². The van der Waals surface area contributed by atoms with Crippen molar-refractivity contribution in [3.05, 3.63) is 29.3 Å². The topological polar surface area (TPSA) is 55.8 Å². The Kier molecular flexibility index (Phi) is 7.90. The number of thioether (sulfide) groups is 1. The van der Waals surface area contributed by atoms with E-state index in [9.17, 15) is 9.59 Å². The van der Waals surface area contributed by atoms with Crippen molar-refractivity contribution in [3.8, 4) is 5.75 Å². The van der Waals surface area contributed by atoms with Gasteiger partial charge in [0.15, 0.2) is 6.61 Å². The fourth-order valence-electron chi connectivity index (χ4n) is 2.76. The molecule has 1 aliphatic heterocycles. The molecule has 1 aromatic carbocycles. The Bertz CT molecular complexity index is 581. The summed E-state index contributed by atoms with van der Waals surface area (Å²) in [5.41, 5.74) is 0. The van der Waals surface area contributed by atoms with Gasteiger partial charge in [0, 0.05) is 10.8 Å². The lowest BCUT2D eigenvalue weighted by atomic mass is 10.1. The van der Waals surface area contributed by atoms with Gasteiger partial charge in [0.1, 0.15) is 11.8 Å². The number of benzene rings is 1. The number of nitrogens with zero attached hydrogens (tertiary/aromatic N) is 1. The fourth-order valence-corrected chi connectivity index (χ4v) is 4.34. The van der Waals surface area contributed by atoms with Crippen molar-refractivity contribution in [2.24, 2.45) is 0 Å². The largest absolute Gasteiger partial charge is 0.484 e. The van der Waals surface area contributed by atoms with Gasteiger partial charge < -0.3 is 14.4 Å². The molecule has 0 aliphatic carbocycles. The predicted octanol–water partition coefficient (Wildman–Crippen LogP) is 3.74. The van der Waals surface area contributed by atoms with Gasteiger partial charge in [0.05, 0.1) is 12.5 Å². The average molecular weight is 386 g/mol. The highest BCUT2D eigenvalue weighted by atomic mass is 35.5. The average Bonchev–Trinajstić information content (AvgIpc) is 3.04. The van der Waals surface area contributed by atoms with E-state index in [1.807, 2.05) is 0 Å². The standard InChI is InChI=1S/C18H24ClNO4S/c1-3-4-5-6-17-20(15(12-25-17)18(22)23-2)16(21)11-24-14-9-7-13(19)8-10-14/h7-10,15,17H,3-6,11-12H2,1-2H3/t15-,17+/m0/s1. The Morgan fingerprint density at radius 3 is 2.64 bits per heavy atom. The molecule has 138 valence electrons. The van der Waals surface area contributed by atoms with Crippen molar-refractivity contribution in [2.75, 3.05) is 19.5 Å². The van der Waals surface area contributed by atoms with Crippen LogP contribution < -0.4 is 4.74 Å². The number of hydrogen-bond donors (Lipinski definition) is 0. The van der Waals surface area contributed by atoms with Crippen LogP contribution in [0.1, 0.15) is 32.6 Å². The van der Waals surface area contributed by atoms with Crippen LogP contribution in [0.3, 0.4) is 0 Å². The Morgan fingerprint density at radius 1 is 1.28 bits per heavy atom. The molecule has 1 heterocycles. The van der Waals surface area contributed by atoms with Crippen molar-refractivity contribution in [3.63, 3.8) is 0 Å². The number of amides is 1. The molecule has 1 aliphatic rings. The number of halogens is 1. The second kappa shape index (κ2) is 9.92. The number of carbonyl (C=O) groups excluding carboxylic acids is 2. The summed E-state index contributed by atoms with van der Waals surface area (Å²) >= 11 is 7.48. The highest BCUT2D eigenvalue weighted by Crippen LogP contribution is 2.33. The van der Waals surface area contributed by atoms with Gasteiger partial charge in [-0.1, -0.05) is 37.8 Å². The van der Waals surface area contributed by atoms with Crippen LogP contribution in [-0.4, -0.2) is 47.7 Å². The van der Waals surface area contributed by atoms with E-state index >= 15 is 0 Å². The minimum absolute atomic E-state index is 0.00281. The van der Waals surface area contributed by atoms with Crippen molar-refractivity contribution in [1.29, 1.82) is 0 Å². The SMILES string of the molecule is CCCCC[C@H]1SC[C@@H](C(=O)OC)N1C(=O)COc1ccc(Cl)cc1. The van der Waals surface area contributed by atoms with Gasteiger partial charge in [0.2, 0.25) is 0 Å². The molecular formula is C18H24ClNO4S. The van der Waals surface area contributed by atoms with Gasteiger partial charge in [-0.15, -0.1) is 11.8 Å². The minimum Gasteiger partial charge on any atom is -0.484 e. The van der Waals surface area contributed by atoms with Gasteiger partial charge in [-0.3, -0.25) is 4.79 Å². The van der Waals surface area contributed by atoms with Gasteiger partial charge >= 0.3 is 5.97 Å². The third-order valence-corrected chi connectivity index (χ3v) is 5.69. The molecule has 1 aromatic rings. The predicted molar refractivity (Wildman–Crippen MR) is 100.0 cm³/mol. The molecule has 5 nitrogen and oxygen atoms in total. The molecule has 0 unspecified atom stereocenters. The molecular weight excluding hydrogens is 362 g/mol. The van der Waals surface area contributed by atoms with Crippen LogP contribution in [0.2, 0.25) is 5.02 Å². The highest BCUT2D eigenvalue weighted by molar-refractivity contribution is 8.00. The number of methoxy groups -OCH3 is 1. The maximum atomic E-state index is 12.7. The lowest BCUT2D eigenvalue weighted by Crippen LogP contribution is -2.48. The summed E-state index contributed by atoms with van der Waals surface area (Å²) < 4.78 is 10.4. The Labute approximate surface area is 158 Å². The van der Waals surface area contributed by atoms with E-state index < -0.39 is 6.04 Å². The number of rotatable bonds is 8. The summed E-state index contributed by atoms with van der Waals surface area (Å²) in [6.45, 7) is 2.03. The molecule has 1 fully saturated rings. The zero-order valence-electron chi connectivity index (χ0n) is 14.6. The summed E-state index contributed by atoms with van der Waals surface area (Å²) in [4.78, 5) is 26.4. The molecule has 7 heteroatoms. The van der Waals surface area contributed by atoms with Crippen molar-refractivity contribution in [1.82, 2.24) is 4.90 Å². The van der Waals surface area contributed by atoms with Gasteiger partial charge in [-0.25, -0.2) is 4.79 Å². The smallest absolute Gasteiger partial charge is 0.329 e. The van der Waals surface area contributed by atoms with E-state index in [4.69, 9.17) is 21.1 Å². The Morgan fingerprint density at radius 2 is 2.00 bits per heavy atom. The quantitative estimate of drug-likeness (QED) is 0.504. The monoisotopic (exact) mass is 385 g/mol. The van der Waals surface area contributed by atoms with Crippen molar-refractivity contribution >= 4 is 35.2 Å². The first-order valence-electron chi connectivity index (χ1n) is 8.45. The number of ether oxygens (including phenoxy) is 2. The Hall–Kier alpha value is -1.40. The van der Waals surface area contributed by atoms with Crippen LogP contribution in [0.15, 0.2) is 24.3 Å². The molecule has 1 saturated heterocycles. The van der Waals surface area contributed by atoms with Crippen molar-refractivity contribution < 1.29 is 19.1 Å². The maximum absolute atomic E-state index is 12.7. The molecule has 0 aromatic heterocycles. The van der Waals surface area contributed by atoms with Gasteiger partial charge in [0.25, 0.3) is 5.91 Å². The molecule has 2 rings (SSSR count). The van der Waals surface area contributed by atoms with E-state index in [-0.39, 0.29) is 23.9 Å². The molecule has 0 radical (unpaired) electrons. The van der Waals surface area contributed by atoms with Crippen LogP contribution in [0.5, 0.6) is 5.75 Å². The molecule has 1 amide bonds. The number of hydrogen-bond acceptors (Lipinski definition) is 5. The highest BCUT2D eigenvalue weighted by Gasteiger charge is 2.41. The first kappa shape index (κ1) is 19.9. The first-order chi connectivity index (χ1) is 12.1. The number of esters is 1. The molecule has 2 atom stereocenters. The first-order valence-corrected chi connectivity index (χ1v) is 9.88. The summed E-state index contributed by atoms with van der Waals surface area (Å²) in [5, 5.41) is 0.605. The van der Waals surface area contributed by atoms with E-state index in [0.717, 1.165) is 25.7 Å². The summed E-state index contributed by atoms with van der Waals surface area (Å²) in [7, 11) is 1.35. The summed E-state index contributed by atoms with van der Waals surface area (Å²) in [6, 6.07) is 6.30. The third-order valence-electron chi connectivity index (χ3n) is 4.08. The molecule has 0 saturated carbocycles. The van der Waals surface area contributed by atoms with Crippen LogP contribution in [-0.2, 0) is 14.3 Å². The van der Waals surface area contributed by atoms with E-state index in [0.29, 0.717) is 16.5 Å². The lowest BCUT2D eigenvalue weighted by molar-refractivity contribution is -0.152. The molecule has 0 bridgehead atoms. The number of unbranched alkanes of at least 4 members (excludes halogenated alkanes) is 2. The van der Waals surface area contributed by atoms with Crippen LogP contribution >= 0.6 is 23.4 Å².